The minimum atomic E-state index is -0.343. The fourth-order valence-electron chi connectivity index (χ4n) is 2.31. The highest BCUT2D eigenvalue weighted by atomic mass is 32.2. The molecule has 0 aliphatic carbocycles. The Morgan fingerprint density at radius 2 is 1.85 bits per heavy atom. The minimum absolute atomic E-state index is 0.0992. The molecule has 0 unspecified atom stereocenters. The Morgan fingerprint density at radius 3 is 2.54 bits per heavy atom. The van der Waals surface area contributed by atoms with Crippen molar-refractivity contribution in [1.82, 2.24) is 10.6 Å². The van der Waals surface area contributed by atoms with Gasteiger partial charge in [-0.2, -0.15) is 0 Å². The summed E-state index contributed by atoms with van der Waals surface area (Å²) < 4.78 is 11.1. The standard InChI is InChI=1S/C18H20N2O4S2/c21-16(19-10-15-2-1-7-23-15)11-20-17(22)12-24-14-5-3-13(4-6-14)18-25-8-9-26-18/h1-7,18H,8-12H2,(H,19,21)(H,20,22). The number of hydrogen-bond acceptors (Lipinski definition) is 6. The molecule has 2 amide bonds. The summed E-state index contributed by atoms with van der Waals surface area (Å²) in [5, 5.41) is 5.18. The molecule has 0 bridgehead atoms. The average molecular weight is 393 g/mol. The first kappa shape index (κ1) is 18.7. The predicted molar refractivity (Wildman–Crippen MR) is 103 cm³/mol. The Morgan fingerprint density at radius 1 is 1.08 bits per heavy atom. The van der Waals surface area contributed by atoms with Crippen molar-refractivity contribution < 1.29 is 18.7 Å². The van der Waals surface area contributed by atoms with Gasteiger partial charge >= 0.3 is 0 Å². The lowest BCUT2D eigenvalue weighted by Gasteiger charge is -2.10. The number of benzene rings is 1. The largest absolute Gasteiger partial charge is 0.484 e. The van der Waals surface area contributed by atoms with Gasteiger partial charge in [0.15, 0.2) is 6.61 Å². The maximum atomic E-state index is 11.8. The van der Waals surface area contributed by atoms with Crippen LogP contribution < -0.4 is 15.4 Å². The zero-order chi connectivity index (χ0) is 18.2. The molecule has 1 saturated heterocycles. The third kappa shape index (κ3) is 5.74. The van der Waals surface area contributed by atoms with Crippen molar-refractivity contribution in [2.75, 3.05) is 24.7 Å². The first-order chi connectivity index (χ1) is 12.7. The van der Waals surface area contributed by atoms with Crippen LogP contribution in [0.25, 0.3) is 0 Å². The molecular formula is C18H20N2O4S2. The number of nitrogens with one attached hydrogen (secondary N) is 2. The van der Waals surface area contributed by atoms with E-state index in [2.05, 4.69) is 10.6 Å². The summed E-state index contributed by atoms with van der Waals surface area (Å²) >= 11 is 3.89. The third-order valence-electron chi connectivity index (χ3n) is 3.63. The number of carbonyl (C=O) groups is 2. The Bertz CT molecular complexity index is 713. The monoisotopic (exact) mass is 392 g/mol. The Balaban J connectivity index is 1.33. The molecule has 0 atom stereocenters. The molecule has 3 rings (SSSR count). The fraction of sp³-hybridized carbons (Fsp3) is 0.333. The van der Waals surface area contributed by atoms with Crippen LogP contribution >= 0.6 is 23.5 Å². The van der Waals surface area contributed by atoms with Gasteiger partial charge in [0.1, 0.15) is 11.5 Å². The Hall–Kier alpha value is -2.06. The highest BCUT2D eigenvalue weighted by Crippen LogP contribution is 2.45. The molecule has 1 aliphatic rings. The second-order valence-corrected chi connectivity index (χ2v) is 8.29. The van der Waals surface area contributed by atoms with E-state index in [1.54, 1.807) is 18.4 Å². The minimum Gasteiger partial charge on any atom is -0.484 e. The van der Waals surface area contributed by atoms with E-state index in [-0.39, 0.29) is 25.0 Å². The lowest BCUT2D eigenvalue weighted by atomic mass is 10.2. The van der Waals surface area contributed by atoms with E-state index in [1.807, 2.05) is 47.8 Å². The molecule has 2 N–H and O–H groups in total. The number of amides is 2. The van der Waals surface area contributed by atoms with Gasteiger partial charge in [-0.15, -0.1) is 23.5 Å². The van der Waals surface area contributed by atoms with Crippen LogP contribution in [0.2, 0.25) is 0 Å². The summed E-state index contributed by atoms with van der Waals surface area (Å²) in [5.74, 6) is 3.03. The highest BCUT2D eigenvalue weighted by molar-refractivity contribution is 8.19. The highest BCUT2D eigenvalue weighted by Gasteiger charge is 2.18. The van der Waals surface area contributed by atoms with Crippen molar-refractivity contribution >= 4 is 35.3 Å². The summed E-state index contributed by atoms with van der Waals surface area (Å²) in [4.78, 5) is 23.5. The van der Waals surface area contributed by atoms with Gasteiger partial charge in [-0.05, 0) is 29.8 Å². The molecule has 6 nitrogen and oxygen atoms in total. The summed E-state index contributed by atoms with van der Waals surface area (Å²) in [7, 11) is 0. The van der Waals surface area contributed by atoms with Crippen molar-refractivity contribution in [2.45, 2.75) is 11.1 Å². The van der Waals surface area contributed by atoms with E-state index >= 15 is 0 Å². The Kier molecular flexibility index (Phi) is 6.90. The van der Waals surface area contributed by atoms with E-state index < -0.39 is 0 Å². The molecule has 0 spiro atoms. The fourth-order valence-corrected chi connectivity index (χ4v) is 5.17. The number of ether oxygens (including phenoxy) is 1. The van der Waals surface area contributed by atoms with Gasteiger partial charge in [0.25, 0.3) is 5.91 Å². The molecule has 0 radical (unpaired) electrons. The average Bonchev–Trinajstić information content (AvgIpc) is 3.37. The van der Waals surface area contributed by atoms with Crippen LogP contribution in [0.1, 0.15) is 15.9 Å². The molecule has 1 aliphatic heterocycles. The van der Waals surface area contributed by atoms with Crippen molar-refractivity contribution in [2.24, 2.45) is 0 Å². The van der Waals surface area contributed by atoms with Crippen LogP contribution in [0.5, 0.6) is 5.75 Å². The number of thioether (sulfide) groups is 2. The van der Waals surface area contributed by atoms with Crippen LogP contribution in [0.3, 0.4) is 0 Å². The molecule has 26 heavy (non-hydrogen) atoms. The molecule has 8 heteroatoms. The first-order valence-corrected chi connectivity index (χ1v) is 10.3. The van der Waals surface area contributed by atoms with Crippen LogP contribution in [0.15, 0.2) is 47.1 Å². The van der Waals surface area contributed by atoms with Gasteiger partial charge < -0.3 is 19.8 Å². The summed E-state index contributed by atoms with van der Waals surface area (Å²) in [5.41, 5.74) is 1.27. The number of rotatable bonds is 8. The second-order valence-electron chi connectivity index (χ2n) is 5.56. The molecule has 1 aromatic heterocycles. The summed E-state index contributed by atoms with van der Waals surface area (Å²) in [6.45, 7) is 0.0673. The number of hydrogen-bond donors (Lipinski definition) is 2. The third-order valence-corrected chi connectivity index (χ3v) is 6.73. The lowest BCUT2D eigenvalue weighted by Crippen LogP contribution is -2.38. The smallest absolute Gasteiger partial charge is 0.258 e. The number of carbonyl (C=O) groups excluding carboxylic acids is 2. The van der Waals surface area contributed by atoms with Gasteiger partial charge in [-0.3, -0.25) is 9.59 Å². The van der Waals surface area contributed by atoms with Crippen molar-refractivity contribution in [3.63, 3.8) is 0 Å². The predicted octanol–water partition coefficient (Wildman–Crippen LogP) is 2.57. The normalized spacial score (nSPS) is 14.2. The molecule has 1 fully saturated rings. The summed E-state index contributed by atoms with van der Waals surface area (Å²) in [6.07, 6.45) is 1.54. The zero-order valence-corrected chi connectivity index (χ0v) is 15.7. The van der Waals surface area contributed by atoms with E-state index in [1.165, 1.54) is 17.1 Å². The van der Waals surface area contributed by atoms with Gasteiger partial charge in [-0.1, -0.05) is 12.1 Å². The molecule has 0 saturated carbocycles. The topological polar surface area (TPSA) is 80.6 Å². The quantitative estimate of drug-likeness (QED) is 0.719. The van der Waals surface area contributed by atoms with E-state index in [4.69, 9.17) is 9.15 Å². The van der Waals surface area contributed by atoms with Crippen LogP contribution in [-0.2, 0) is 16.1 Å². The SMILES string of the molecule is O=C(CNC(=O)COc1ccc(C2SCCS2)cc1)NCc1ccco1. The molecule has 138 valence electrons. The maximum absolute atomic E-state index is 11.8. The van der Waals surface area contributed by atoms with E-state index in [0.717, 1.165) is 0 Å². The van der Waals surface area contributed by atoms with Gasteiger partial charge in [-0.25, -0.2) is 0 Å². The Labute approximate surface area is 160 Å². The van der Waals surface area contributed by atoms with Gasteiger partial charge in [0, 0.05) is 11.5 Å². The van der Waals surface area contributed by atoms with Crippen molar-refractivity contribution in [1.29, 1.82) is 0 Å². The molecule has 2 heterocycles. The van der Waals surface area contributed by atoms with Crippen LogP contribution in [0, 0.1) is 0 Å². The lowest BCUT2D eigenvalue weighted by molar-refractivity contribution is -0.127. The van der Waals surface area contributed by atoms with Crippen LogP contribution in [-0.4, -0.2) is 36.5 Å². The molecule has 1 aromatic carbocycles. The zero-order valence-electron chi connectivity index (χ0n) is 14.1. The number of furan rings is 1. The maximum Gasteiger partial charge on any atom is 0.258 e. The second kappa shape index (κ2) is 9.59. The van der Waals surface area contributed by atoms with Crippen molar-refractivity contribution in [3.05, 3.63) is 54.0 Å². The summed E-state index contributed by atoms with van der Waals surface area (Å²) in [6, 6.07) is 11.3. The van der Waals surface area contributed by atoms with E-state index in [0.29, 0.717) is 22.6 Å². The van der Waals surface area contributed by atoms with E-state index in [9.17, 15) is 9.59 Å². The van der Waals surface area contributed by atoms with Gasteiger partial charge in [0.05, 0.1) is 23.9 Å². The first-order valence-electron chi connectivity index (χ1n) is 8.22. The van der Waals surface area contributed by atoms with Crippen LogP contribution in [0.4, 0.5) is 0 Å². The molecule has 2 aromatic rings. The molecular weight excluding hydrogens is 372 g/mol. The van der Waals surface area contributed by atoms with Gasteiger partial charge in [0.2, 0.25) is 5.91 Å². The van der Waals surface area contributed by atoms with Crippen molar-refractivity contribution in [3.8, 4) is 5.75 Å².